The molecule has 3 rings (SSSR count). The largest absolute Gasteiger partial charge is 0.496 e. The van der Waals surface area contributed by atoms with Gasteiger partial charge in [-0.25, -0.2) is 0 Å². The topological polar surface area (TPSA) is 9.23 Å². The molecule has 28 heavy (non-hydrogen) atoms. The molecule has 0 N–H and O–H groups in total. The molecule has 1 unspecified atom stereocenters. The second-order valence-electron chi connectivity index (χ2n) is 9.51. The van der Waals surface area contributed by atoms with Crippen molar-refractivity contribution in [2.45, 2.75) is 52.2 Å². The monoisotopic (exact) mass is 416 g/mol. The molecule has 2 aromatic rings. The highest BCUT2D eigenvalue weighted by Crippen LogP contribution is 2.66. The van der Waals surface area contributed by atoms with Crippen molar-refractivity contribution in [3.63, 3.8) is 0 Å². The Bertz CT molecular complexity index is 938. The third-order valence-corrected chi connectivity index (χ3v) is 7.78. The molecule has 1 aliphatic rings. The first-order chi connectivity index (χ1) is 12.8. The maximum absolute atomic E-state index is 6.96. The van der Waals surface area contributed by atoms with Gasteiger partial charge in [-0.05, 0) is 61.5 Å². The van der Waals surface area contributed by atoms with E-state index in [1.54, 1.807) is 7.11 Å². The molecule has 0 heterocycles. The van der Waals surface area contributed by atoms with Crippen molar-refractivity contribution >= 4 is 26.0 Å². The maximum atomic E-state index is 6.96. The van der Waals surface area contributed by atoms with Crippen LogP contribution in [0.4, 0.5) is 0 Å². The summed E-state index contributed by atoms with van der Waals surface area (Å²) in [7, 11) is 7.46. The summed E-state index contributed by atoms with van der Waals surface area (Å²) < 4.78 is 6.06. The lowest BCUT2D eigenvalue weighted by molar-refractivity contribution is 0.399. The molecular weight excluding hydrogens is 384 g/mol. The highest BCUT2D eigenvalue weighted by Gasteiger charge is 2.36. The molecule has 1 nitrogen and oxygen atoms in total. The first kappa shape index (κ1) is 21.3. The van der Waals surface area contributed by atoms with Crippen LogP contribution in [0.5, 0.6) is 5.75 Å². The summed E-state index contributed by atoms with van der Waals surface area (Å²) >= 11 is 0. The van der Waals surface area contributed by atoms with Gasteiger partial charge in [-0.3, -0.25) is 0 Å². The van der Waals surface area contributed by atoms with Crippen molar-refractivity contribution in [1.29, 1.82) is 0 Å². The van der Waals surface area contributed by atoms with Crippen molar-refractivity contribution in [3.05, 3.63) is 57.7 Å². The van der Waals surface area contributed by atoms with Crippen LogP contribution in [-0.2, 0) is 5.41 Å². The number of halogens is 1. The smallest absolute Gasteiger partial charge is 0.131 e. The van der Waals surface area contributed by atoms with E-state index in [1.165, 1.54) is 44.5 Å². The summed E-state index contributed by atoms with van der Waals surface area (Å²) in [5.41, 5.74) is 10.2. The highest BCUT2D eigenvalue weighted by atomic mass is 35.7. The number of methoxy groups -OCH3 is 1. The van der Waals surface area contributed by atoms with Gasteiger partial charge in [0.2, 0.25) is 0 Å². The number of aryl methyl sites for hydroxylation is 2. The quantitative estimate of drug-likeness (QED) is 0.493. The molecule has 0 aliphatic heterocycles. The molecule has 2 aromatic carbocycles. The Morgan fingerprint density at radius 2 is 1.54 bits per heavy atom. The van der Waals surface area contributed by atoms with Gasteiger partial charge in [-0.2, -0.15) is 9.24 Å². The normalized spacial score (nSPS) is 17.4. The van der Waals surface area contributed by atoms with E-state index in [4.69, 9.17) is 15.4 Å². The molecular formula is C25H33ClOS. The van der Waals surface area contributed by atoms with Crippen molar-refractivity contribution in [2.24, 2.45) is 0 Å². The van der Waals surface area contributed by atoms with E-state index in [2.05, 4.69) is 84.4 Å². The molecule has 0 spiro atoms. The van der Waals surface area contributed by atoms with Gasteiger partial charge in [0.1, 0.15) is 5.75 Å². The third kappa shape index (κ3) is 3.74. The summed E-state index contributed by atoms with van der Waals surface area (Å²) in [6, 6.07) is 9.12. The van der Waals surface area contributed by atoms with E-state index in [0.29, 0.717) is 0 Å². The van der Waals surface area contributed by atoms with Crippen LogP contribution in [0.15, 0.2) is 29.8 Å². The predicted octanol–water partition coefficient (Wildman–Crippen LogP) is 7.95. The molecule has 3 heteroatoms. The summed E-state index contributed by atoms with van der Waals surface area (Å²) in [6.45, 7) is 13.3. The summed E-state index contributed by atoms with van der Waals surface area (Å²) in [5, 5.41) is 0.279. The number of benzene rings is 2. The Morgan fingerprint density at radius 3 is 2.00 bits per heavy atom. The van der Waals surface area contributed by atoms with Crippen LogP contribution in [0.1, 0.15) is 60.8 Å². The van der Waals surface area contributed by atoms with Gasteiger partial charge in [-0.1, -0.05) is 72.4 Å². The minimum absolute atomic E-state index is 0.0270. The zero-order valence-electron chi connectivity index (χ0n) is 18.7. The third-order valence-electron chi connectivity index (χ3n) is 5.50. The first-order valence-electron chi connectivity index (χ1n) is 9.78. The van der Waals surface area contributed by atoms with Crippen molar-refractivity contribution in [2.75, 3.05) is 19.6 Å². The number of hydrogen-bond donors (Lipinski definition) is 0. The summed E-state index contributed by atoms with van der Waals surface area (Å²) in [4.78, 5) is 0. The fourth-order valence-corrected chi connectivity index (χ4v) is 7.00. The number of ether oxygens (including phenoxy) is 1. The zero-order chi connectivity index (χ0) is 21.0. The summed E-state index contributed by atoms with van der Waals surface area (Å²) in [6.07, 6.45) is 6.73. The lowest BCUT2D eigenvalue weighted by atomic mass is 9.81. The van der Waals surface area contributed by atoms with Crippen LogP contribution >= 0.6 is 19.9 Å². The number of rotatable bonds is 3. The van der Waals surface area contributed by atoms with Gasteiger partial charge < -0.3 is 4.74 Å². The Kier molecular flexibility index (Phi) is 5.44. The van der Waals surface area contributed by atoms with Crippen LogP contribution in [0, 0.1) is 13.8 Å². The fraction of sp³-hybridized carbons (Fsp3) is 0.440. The van der Waals surface area contributed by atoms with Gasteiger partial charge in [0, 0.05) is 16.4 Å². The van der Waals surface area contributed by atoms with Gasteiger partial charge in [-0.15, -0.1) is 0 Å². The van der Waals surface area contributed by atoms with Crippen LogP contribution in [-0.4, -0.2) is 19.6 Å². The minimum atomic E-state index is -1.30. The van der Waals surface area contributed by atoms with E-state index in [0.717, 1.165) is 5.75 Å². The number of hydrogen-bond acceptors (Lipinski definition) is 1. The molecule has 0 radical (unpaired) electrons. The molecule has 0 fully saturated rings. The van der Waals surface area contributed by atoms with Crippen LogP contribution < -0.4 is 4.74 Å². The molecule has 0 amide bonds. The summed E-state index contributed by atoms with van der Waals surface area (Å²) in [5.74, 6) is 0.989. The lowest BCUT2D eigenvalue weighted by Crippen LogP contribution is -2.15. The molecule has 0 saturated heterocycles. The molecule has 0 bridgehead atoms. The average molecular weight is 417 g/mol. The van der Waals surface area contributed by atoms with Gasteiger partial charge in [0.25, 0.3) is 0 Å². The molecule has 1 aliphatic carbocycles. The van der Waals surface area contributed by atoms with Gasteiger partial charge in [0.15, 0.2) is 0 Å². The Labute approximate surface area is 177 Å². The highest BCUT2D eigenvalue weighted by molar-refractivity contribution is 8.50. The van der Waals surface area contributed by atoms with Crippen molar-refractivity contribution < 1.29 is 4.74 Å². The minimum Gasteiger partial charge on any atom is -0.496 e. The van der Waals surface area contributed by atoms with E-state index in [-0.39, 0.29) is 10.7 Å². The first-order valence-corrected chi connectivity index (χ1v) is 13.1. The number of fused-ring (bicyclic) bond motifs is 1. The van der Waals surface area contributed by atoms with Crippen molar-refractivity contribution in [1.82, 2.24) is 0 Å². The zero-order valence-corrected chi connectivity index (χ0v) is 20.2. The van der Waals surface area contributed by atoms with E-state index < -0.39 is 9.24 Å². The predicted molar refractivity (Wildman–Crippen MR) is 128 cm³/mol. The molecule has 152 valence electrons. The second kappa shape index (κ2) is 7.15. The van der Waals surface area contributed by atoms with E-state index >= 15 is 0 Å². The van der Waals surface area contributed by atoms with Crippen LogP contribution in [0.3, 0.4) is 0 Å². The van der Waals surface area contributed by atoms with Gasteiger partial charge >= 0.3 is 0 Å². The van der Waals surface area contributed by atoms with Gasteiger partial charge in [0.05, 0.1) is 7.11 Å². The van der Waals surface area contributed by atoms with E-state index in [9.17, 15) is 0 Å². The fourth-order valence-electron chi connectivity index (χ4n) is 4.54. The standard InChI is InChI=1S/C25H33ClOS/c1-15-10-16(2)12-18(11-15)22-19-13-17(3)24(28(8,9)26)20(19)14-21(23(22)27-7)25(4,5)6/h10-14,24H,1-9H3. The van der Waals surface area contributed by atoms with Crippen LogP contribution in [0.25, 0.3) is 17.2 Å². The van der Waals surface area contributed by atoms with Crippen molar-refractivity contribution in [3.8, 4) is 16.9 Å². The Hall–Kier alpha value is -1.38. The second-order valence-corrected chi connectivity index (χ2v) is 14.9. The maximum Gasteiger partial charge on any atom is 0.131 e. The molecule has 0 aromatic heterocycles. The SMILES string of the molecule is COc1c(C(C)(C)C)cc2c(c1-c1cc(C)cc(C)c1)C=C(C)C2S(C)(C)Cl. The Balaban J connectivity index is 2.46. The van der Waals surface area contributed by atoms with E-state index in [1.807, 2.05) is 0 Å². The lowest BCUT2D eigenvalue weighted by Gasteiger charge is -2.34. The Morgan fingerprint density at radius 1 is 0.964 bits per heavy atom. The van der Waals surface area contributed by atoms with Crippen LogP contribution in [0.2, 0.25) is 0 Å². The molecule has 0 saturated carbocycles. The molecule has 1 atom stereocenters. The average Bonchev–Trinajstić information content (AvgIpc) is 2.86.